The van der Waals surface area contributed by atoms with E-state index in [-0.39, 0.29) is 23.9 Å². The van der Waals surface area contributed by atoms with E-state index in [1.807, 2.05) is 17.9 Å². The van der Waals surface area contributed by atoms with Gasteiger partial charge in [-0.2, -0.15) is 0 Å². The van der Waals surface area contributed by atoms with E-state index in [1.165, 1.54) is 6.07 Å². The Morgan fingerprint density at radius 3 is 2.84 bits per heavy atom. The highest BCUT2D eigenvalue weighted by molar-refractivity contribution is 5.75. The number of amides is 2. The number of benzene rings is 1. The molecular formula is C19H28FN3O2. The van der Waals surface area contributed by atoms with Gasteiger partial charge in [0.05, 0.1) is 19.3 Å². The van der Waals surface area contributed by atoms with Crippen molar-refractivity contribution in [2.24, 2.45) is 0 Å². The van der Waals surface area contributed by atoms with Gasteiger partial charge in [-0.05, 0) is 43.9 Å². The Balaban J connectivity index is 1.58. The summed E-state index contributed by atoms with van der Waals surface area (Å²) in [7, 11) is 0. The molecule has 2 fully saturated rings. The number of urea groups is 1. The van der Waals surface area contributed by atoms with Gasteiger partial charge in [-0.15, -0.1) is 0 Å². The molecule has 2 heterocycles. The molecule has 3 rings (SSSR count). The molecule has 0 aliphatic carbocycles. The van der Waals surface area contributed by atoms with Gasteiger partial charge in [-0.25, -0.2) is 9.18 Å². The summed E-state index contributed by atoms with van der Waals surface area (Å²) in [4.78, 5) is 17.0. The maximum absolute atomic E-state index is 13.8. The Hall–Kier alpha value is -1.66. The maximum atomic E-state index is 13.8. The van der Waals surface area contributed by atoms with Crippen LogP contribution in [-0.2, 0) is 4.74 Å². The molecule has 0 saturated carbocycles. The van der Waals surface area contributed by atoms with E-state index in [0.717, 1.165) is 57.8 Å². The molecule has 2 saturated heterocycles. The molecule has 5 nitrogen and oxygen atoms in total. The Morgan fingerprint density at radius 1 is 1.36 bits per heavy atom. The van der Waals surface area contributed by atoms with Gasteiger partial charge in [0.1, 0.15) is 5.82 Å². The van der Waals surface area contributed by atoms with Crippen LogP contribution in [0.2, 0.25) is 0 Å². The first-order chi connectivity index (χ1) is 12.0. The van der Waals surface area contributed by atoms with E-state index in [9.17, 15) is 9.18 Å². The quantitative estimate of drug-likeness (QED) is 0.909. The lowest BCUT2D eigenvalue weighted by atomic mass is 10.1. The zero-order valence-corrected chi connectivity index (χ0v) is 15.1. The second-order valence-electron chi connectivity index (χ2n) is 7.08. The van der Waals surface area contributed by atoms with Crippen molar-refractivity contribution in [1.82, 2.24) is 15.1 Å². The molecule has 2 atom stereocenters. The van der Waals surface area contributed by atoms with E-state index in [1.54, 1.807) is 13.0 Å². The molecular weight excluding hydrogens is 321 g/mol. The summed E-state index contributed by atoms with van der Waals surface area (Å²) in [5, 5.41) is 3.03. The average Bonchev–Trinajstić information content (AvgIpc) is 3.06. The minimum atomic E-state index is -0.232. The smallest absolute Gasteiger partial charge is 0.318 e. The van der Waals surface area contributed by atoms with Gasteiger partial charge in [0.2, 0.25) is 0 Å². The topological polar surface area (TPSA) is 44.8 Å². The molecule has 0 radical (unpaired) electrons. The van der Waals surface area contributed by atoms with Gasteiger partial charge in [0, 0.05) is 32.2 Å². The first-order valence-corrected chi connectivity index (χ1v) is 9.18. The van der Waals surface area contributed by atoms with E-state index < -0.39 is 0 Å². The lowest BCUT2D eigenvalue weighted by molar-refractivity contribution is 0.0291. The minimum Gasteiger partial charge on any atom is -0.379 e. The number of rotatable bonds is 4. The van der Waals surface area contributed by atoms with Gasteiger partial charge in [0.15, 0.2) is 0 Å². The molecule has 2 aliphatic heterocycles. The van der Waals surface area contributed by atoms with Crippen LogP contribution in [0.1, 0.15) is 36.9 Å². The standard InChI is InChI=1S/C19H28FN3O2/c1-14-5-6-16(12-18(14)20)15(2)21-19(24)23-7-3-4-17(23)13-22-8-10-25-11-9-22/h5-6,12,15,17H,3-4,7-11,13H2,1-2H3,(H,21,24)/t15-,17+/m0/s1. The van der Waals surface area contributed by atoms with E-state index in [2.05, 4.69) is 10.2 Å². The number of nitrogens with one attached hydrogen (secondary N) is 1. The third kappa shape index (κ3) is 4.50. The summed E-state index contributed by atoms with van der Waals surface area (Å²) in [6.45, 7) is 8.75. The summed E-state index contributed by atoms with van der Waals surface area (Å²) in [5.74, 6) is -0.232. The normalized spacial score (nSPS) is 22.8. The fourth-order valence-electron chi connectivity index (χ4n) is 3.60. The fraction of sp³-hybridized carbons (Fsp3) is 0.632. The predicted molar refractivity (Wildman–Crippen MR) is 95.1 cm³/mol. The summed E-state index contributed by atoms with van der Waals surface area (Å²) in [6, 6.07) is 5.12. The van der Waals surface area contributed by atoms with Crippen LogP contribution in [0, 0.1) is 12.7 Å². The Labute approximate surface area is 149 Å². The molecule has 0 unspecified atom stereocenters. The summed E-state index contributed by atoms with van der Waals surface area (Å²) >= 11 is 0. The first-order valence-electron chi connectivity index (χ1n) is 9.18. The number of carbonyl (C=O) groups is 1. The number of morpholine rings is 1. The number of hydrogen-bond donors (Lipinski definition) is 1. The van der Waals surface area contributed by atoms with Gasteiger partial charge in [-0.3, -0.25) is 4.90 Å². The van der Waals surface area contributed by atoms with Crippen molar-refractivity contribution in [3.8, 4) is 0 Å². The molecule has 0 bridgehead atoms. The van der Waals surface area contributed by atoms with Gasteiger partial charge in [-0.1, -0.05) is 12.1 Å². The summed E-state index contributed by atoms with van der Waals surface area (Å²) in [5.41, 5.74) is 1.41. The Kier molecular flexibility index (Phi) is 5.91. The summed E-state index contributed by atoms with van der Waals surface area (Å²) in [6.07, 6.45) is 2.08. The van der Waals surface area contributed by atoms with Crippen LogP contribution in [0.3, 0.4) is 0 Å². The number of carbonyl (C=O) groups excluding carboxylic acids is 1. The van der Waals surface area contributed by atoms with Crippen LogP contribution in [0.5, 0.6) is 0 Å². The van der Waals surface area contributed by atoms with Crippen molar-refractivity contribution in [3.63, 3.8) is 0 Å². The minimum absolute atomic E-state index is 0.0516. The van der Waals surface area contributed by atoms with E-state index >= 15 is 0 Å². The van der Waals surface area contributed by atoms with Crippen LogP contribution < -0.4 is 5.32 Å². The molecule has 1 N–H and O–H groups in total. The van der Waals surface area contributed by atoms with Gasteiger partial charge >= 0.3 is 6.03 Å². The highest BCUT2D eigenvalue weighted by Crippen LogP contribution is 2.21. The van der Waals surface area contributed by atoms with Crippen LogP contribution in [0.15, 0.2) is 18.2 Å². The highest BCUT2D eigenvalue weighted by Gasteiger charge is 2.31. The van der Waals surface area contributed by atoms with Crippen molar-refractivity contribution in [2.75, 3.05) is 39.4 Å². The third-order valence-corrected chi connectivity index (χ3v) is 5.25. The van der Waals surface area contributed by atoms with Crippen LogP contribution in [0.4, 0.5) is 9.18 Å². The zero-order valence-electron chi connectivity index (χ0n) is 15.1. The fourth-order valence-corrected chi connectivity index (χ4v) is 3.60. The second kappa shape index (κ2) is 8.15. The third-order valence-electron chi connectivity index (χ3n) is 5.25. The number of halogens is 1. The molecule has 1 aromatic carbocycles. The van der Waals surface area contributed by atoms with Crippen molar-refractivity contribution in [2.45, 2.75) is 38.8 Å². The highest BCUT2D eigenvalue weighted by atomic mass is 19.1. The first kappa shape index (κ1) is 18.1. The predicted octanol–water partition coefficient (Wildman–Crippen LogP) is 2.70. The molecule has 2 amide bonds. The van der Waals surface area contributed by atoms with Gasteiger partial charge in [0.25, 0.3) is 0 Å². The lowest BCUT2D eigenvalue weighted by Crippen LogP contribution is -2.49. The van der Waals surface area contributed by atoms with Crippen molar-refractivity contribution in [3.05, 3.63) is 35.1 Å². The van der Waals surface area contributed by atoms with Crippen LogP contribution in [-0.4, -0.2) is 61.3 Å². The van der Waals surface area contributed by atoms with Crippen LogP contribution in [0.25, 0.3) is 0 Å². The number of likely N-dealkylation sites (tertiary alicyclic amines) is 1. The lowest BCUT2D eigenvalue weighted by Gasteiger charge is -2.33. The number of aryl methyl sites for hydroxylation is 1. The number of ether oxygens (including phenoxy) is 1. The largest absolute Gasteiger partial charge is 0.379 e. The molecule has 2 aliphatic rings. The molecule has 6 heteroatoms. The van der Waals surface area contributed by atoms with Crippen molar-refractivity contribution < 1.29 is 13.9 Å². The molecule has 138 valence electrons. The SMILES string of the molecule is Cc1ccc([C@H](C)NC(=O)N2CCC[C@@H]2CN2CCOCC2)cc1F. The van der Waals surface area contributed by atoms with Crippen molar-refractivity contribution in [1.29, 1.82) is 0 Å². The van der Waals surface area contributed by atoms with Crippen LogP contribution >= 0.6 is 0 Å². The number of hydrogen-bond acceptors (Lipinski definition) is 3. The monoisotopic (exact) mass is 349 g/mol. The van der Waals surface area contributed by atoms with Crippen molar-refractivity contribution >= 4 is 6.03 Å². The molecule has 0 spiro atoms. The second-order valence-corrected chi connectivity index (χ2v) is 7.08. The maximum Gasteiger partial charge on any atom is 0.318 e. The molecule has 0 aromatic heterocycles. The average molecular weight is 349 g/mol. The van der Waals surface area contributed by atoms with E-state index in [4.69, 9.17) is 4.74 Å². The number of nitrogens with zero attached hydrogens (tertiary/aromatic N) is 2. The Morgan fingerprint density at radius 2 is 2.12 bits per heavy atom. The van der Waals surface area contributed by atoms with Gasteiger partial charge < -0.3 is 15.0 Å². The Bertz CT molecular complexity index is 604. The molecule has 25 heavy (non-hydrogen) atoms. The zero-order chi connectivity index (χ0) is 17.8. The summed E-state index contributed by atoms with van der Waals surface area (Å²) < 4.78 is 19.2. The molecule has 1 aromatic rings. The van der Waals surface area contributed by atoms with E-state index in [0.29, 0.717) is 5.56 Å².